The monoisotopic (exact) mass is 449 g/mol. The number of methoxy groups -OCH3 is 1. The summed E-state index contributed by atoms with van der Waals surface area (Å²) in [5.74, 6) is -0.661. The van der Waals surface area contributed by atoms with Crippen LogP contribution >= 0.6 is 0 Å². The van der Waals surface area contributed by atoms with E-state index in [4.69, 9.17) is 4.74 Å². The Bertz CT molecular complexity index is 1340. The average molecular weight is 449 g/mol. The zero-order chi connectivity index (χ0) is 23.5. The summed E-state index contributed by atoms with van der Waals surface area (Å²) in [4.78, 5) is 19.2. The van der Waals surface area contributed by atoms with E-state index in [-0.39, 0.29) is 17.4 Å². The lowest BCUT2D eigenvalue weighted by molar-refractivity contribution is -0.387. The molecule has 0 spiro atoms. The van der Waals surface area contributed by atoms with Crippen molar-refractivity contribution < 1.29 is 14.1 Å². The van der Waals surface area contributed by atoms with Gasteiger partial charge in [0.05, 0.1) is 23.4 Å². The summed E-state index contributed by atoms with van der Waals surface area (Å²) in [6, 6.07) is 10.3. The highest BCUT2D eigenvalue weighted by molar-refractivity contribution is 5.95. The molecule has 0 aliphatic rings. The number of ether oxygens (including phenoxy) is 1. The number of anilines is 2. The van der Waals surface area contributed by atoms with Gasteiger partial charge in [0.25, 0.3) is 0 Å². The lowest BCUT2D eigenvalue weighted by atomic mass is 10.0. The molecule has 0 aliphatic heterocycles. The number of nitro benzene ring substituents is 1. The first-order chi connectivity index (χ1) is 15.9. The summed E-state index contributed by atoms with van der Waals surface area (Å²) < 4.78 is 21.2. The van der Waals surface area contributed by atoms with Crippen LogP contribution in [-0.4, -0.2) is 26.6 Å². The molecular weight excluding hydrogens is 425 g/mol. The number of aryl methyl sites for hydroxylation is 2. The van der Waals surface area contributed by atoms with Gasteiger partial charge in [0.15, 0.2) is 0 Å². The maximum Gasteiger partial charge on any atom is 0.307 e. The zero-order valence-corrected chi connectivity index (χ0v) is 18.6. The average Bonchev–Trinajstić information content (AvgIpc) is 3.14. The van der Waals surface area contributed by atoms with E-state index in [2.05, 4.69) is 45.0 Å². The van der Waals surface area contributed by atoms with Gasteiger partial charge in [0.1, 0.15) is 5.75 Å². The quantitative estimate of drug-likeness (QED) is 0.271. The fraction of sp³-hybridized carbons (Fsp3) is 0.250. The van der Waals surface area contributed by atoms with E-state index in [0.29, 0.717) is 5.69 Å². The number of benzene rings is 2. The Hall–Kier alpha value is -4.01. The van der Waals surface area contributed by atoms with Crippen molar-refractivity contribution in [2.24, 2.45) is 7.05 Å². The first kappa shape index (κ1) is 22.2. The van der Waals surface area contributed by atoms with Gasteiger partial charge in [-0.3, -0.25) is 10.1 Å². The van der Waals surface area contributed by atoms with E-state index in [0.717, 1.165) is 47.9 Å². The number of fused-ring (bicyclic) bond motifs is 1. The van der Waals surface area contributed by atoms with Crippen molar-refractivity contribution in [1.82, 2.24) is 14.5 Å². The second-order valence-corrected chi connectivity index (χ2v) is 7.76. The normalized spacial score (nSPS) is 11.0. The number of rotatable bonds is 8. The minimum Gasteiger partial charge on any atom is -0.494 e. The summed E-state index contributed by atoms with van der Waals surface area (Å²) in [6.07, 6.45) is 6.96. The number of halogens is 1. The molecule has 8 nitrogen and oxygen atoms in total. The van der Waals surface area contributed by atoms with Crippen LogP contribution in [-0.2, 0) is 13.5 Å². The molecule has 2 heterocycles. The molecule has 33 heavy (non-hydrogen) atoms. The van der Waals surface area contributed by atoms with E-state index >= 15 is 0 Å². The van der Waals surface area contributed by atoms with Crippen LogP contribution in [0.4, 0.5) is 21.7 Å². The molecule has 4 aromatic rings. The van der Waals surface area contributed by atoms with Crippen LogP contribution in [0.3, 0.4) is 0 Å². The first-order valence-electron chi connectivity index (χ1n) is 10.6. The third-order valence-corrected chi connectivity index (χ3v) is 5.52. The van der Waals surface area contributed by atoms with Crippen LogP contribution in [0.1, 0.15) is 25.3 Å². The molecular formula is C24H24FN5O3. The van der Waals surface area contributed by atoms with Crippen LogP contribution in [0.25, 0.3) is 22.2 Å². The van der Waals surface area contributed by atoms with Gasteiger partial charge in [-0.15, -0.1) is 0 Å². The molecule has 170 valence electrons. The molecule has 0 saturated carbocycles. The van der Waals surface area contributed by atoms with Crippen molar-refractivity contribution in [3.63, 3.8) is 0 Å². The van der Waals surface area contributed by atoms with E-state index < -0.39 is 16.4 Å². The number of nitrogens with zero attached hydrogens (tertiary/aromatic N) is 4. The molecule has 0 saturated heterocycles. The molecule has 0 fully saturated rings. The number of hydrogen-bond donors (Lipinski definition) is 1. The van der Waals surface area contributed by atoms with Crippen molar-refractivity contribution in [1.29, 1.82) is 0 Å². The minimum atomic E-state index is -0.980. The molecule has 1 N–H and O–H groups in total. The van der Waals surface area contributed by atoms with Crippen LogP contribution in [0, 0.1) is 15.9 Å². The van der Waals surface area contributed by atoms with E-state index in [1.54, 1.807) is 12.3 Å². The smallest absolute Gasteiger partial charge is 0.307 e. The lowest BCUT2D eigenvalue weighted by Crippen LogP contribution is -2.02. The second-order valence-electron chi connectivity index (χ2n) is 7.76. The topological polar surface area (TPSA) is 95.1 Å². The van der Waals surface area contributed by atoms with Gasteiger partial charge in [-0.25, -0.2) is 9.97 Å². The predicted molar refractivity (Wildman–Crippen MR) is 125 cm³/mol. The molecule has 2 aromatic heterocycles. The van der Waals surface area contributed by atoms with E-state index in [9.17, 15) is 14.5 Å². The summed E-state index contributed by atoms with van der Waals surface area (Å²) in [5.41, 5.74) is 3.57. The number of nitrogens with one attached hydrogen (secondary N) is 1. The SMILES string of the molecule is CCCCc1ccc2c(-c3ccnc(Nc4cc([N+](=O)[O-])c(F)cc4OC)n3)cn(C)c2c1. The molecule has 2 aromatic carbocycles. The van der Waals surface area contributed by atoms with Gasteiger partial charge in [0.2, 0.25) is 11.8 Å². The standard InChI is InChI=1S/C24H24FN5O3/c1-4-5-6-15-7-8-16-17(14-29(2)21(16)11-15)19-9-10-26-24(27-19)28-20-13-22(30(31)32)18(25)12-23(20)33-3/h7-14H,4-6H2,1-3H3,(H,26,27,28). The summed E-state index contributed by atoms with van der Waals surface area (Å²) in [6.45, 7) is 2.18. The Labute approximate surface area is 190 Å². The third-order valence-electron chi connectivity index (χ3n) is 5.52. The molecule has 0 amide bonds. The molecule has 0 atom stereocenters. The fourth-order valence-corrected chi connectivity index (χ4v) is 3.81. The minimum absolute atomic E-state index is 0.108. The number of hydrogen-bond acceptors (Lipinski definition) is 6. The van der Waals surface area contributed by atoms with Gasteiger partial charge in [-0.1, -0.05) is 25.5 Å². The zero-order valence-electron chi connectivity index (χ0n) is 18.6. The Balaban J connectivity index is 1.70. The lowest BCUT2D eigenvalue weighted by Gasteiger charge is -2.11. The largest absolute Gasteiger partial charge is 0.494 e. The Kier molecular flexibility index (Phi) is 6.21. The van der Waals surface area contributed by atoms with Crippen molar-refractivity contribution in [3.05, 3.63) is 70.3 Å². The summed E-state index contributed by atoms with van der Waals surface area (Å²) >= 11 is 0. The maximum atomic E-state index is 14.0. The van der Waals surface area contributed by atoms with Gasteiger partial charge in [0, 0.05) is 48.0 Å². The molecule has 0 unspecified atom stereocenters. The highest BCUT2D eigenvalue weighted by atomic mass is 19.1. The van der Waals surface area contributed by atoms with Crippen molar-refractivity contribution in [2.45, 2.75) is 26.2 Å². The Morgan fingerprint density at radius 2 is 2.06 bits per heavy atom. The number of unbranched alkanes of at least 4 members (excludes halogenated alkanes) is 1. The predicted octanol–water partition coefficient (Wildman–Crippen LogP) is 5.78. The van der Waals surface area contributed by atoms with Crippen LogP contribution in [0.15, 0.2) is 48.8 Å². The Morgan fingerprint density at radius 3 is 2.79 bits per heavy atom. The van der Waals surface area contributed by atoms with Gasteiger partial charge in [-0.2, -0.15) is 4.39 Å². The van der Waals surface area contributed by atoms with Gasteiger partial charge >= 0.3 is 5.69 Å². The molecule has 0 radical (unpaired) electrons. The molecule has 9 heteroatoms. The fourth-order valence-electron chi connectivity index (χ4n) is 3.81. The van der Waals surface area contributed by atoms with Crippen LogP contribution < -0.4 is 10.1 Å². The molecule has 0 bridgehead atoms. The van der Waals surface area contributed by atoms with Gasteiger partial charge in [-0.05, 0) is 30.5 Å². The van der Waals surface area contributed by atoms with E-state index in [1.165, 1.54) is 12.7 Å². The van der Waals surface area contributed by atoms with Gasteiger partial charge < -0.3 is 14.6 Å². The Morgan fingerprint density at radius 1 is 1.24 bits per heavy atom. The molecule has 4 rings (SSSR count). The van der Waals surface area contributed by atoms with E-state index in [1.807, 2.05) is 13.2 Å². The molecule has 0 aliphatic carbocycles. The highest BCUT2D eigenvalue weighted by Gasteiger charge is 2.20. The first-order valence-corrected chi connectivity index (χ1v) is 10.6. The summed E-state index contributed by atoms with van der Waals surface area (Å²) in [5, 5.41) is 15.1. The number of nitro groups is 1. The third kappa shape index (κ3) is 4.48. The maximum absolute atomic E-state index is 14.0. The second kappa shape index (κ2) is 9.23. The number of aromatic nitrogens is 3. The van der Waals surface area contributed by atoms with Crippen LogP contribution in [0.2, 0.25) is 0 Å². The van der Waals surface area contributed by atoms with Crippen molar-refractivity contribution in [3.8, 4) is 17.0 Å². The van der Waals surface area contributed by atoms with Crippen LogP contribution in [0.5, 0.6) is 5.75 Å². The highest BCUT2D eigenvalue weighted by Crippen LogP contribution is 2.34. The summed E-state index contributed by atoms with van der Waals surface area (Å²) in [7, 11) is 3.35. The van der Waals surface area contributed by atoms with Crippen molar-refractivity contribution >= 4 is 28.2 Å². The van der Waals surface area contributed by atoms with Crippen molar-refractivity contribution in [2.75, 3.05) is 12.4 Å².